The molecule has 2 nitrogen and oxygen atoms in total. The van der Waals surface area contributed by atoms with E-state index in [4.69, 9.17) is 9.97 Å². The second kappa shape index (κ2) is 14.6. The maximum Gasteiger partial charge on any atom is 0.161 e. The minimum Gasteiger partial charge on any atom is -0.228 e. The van der Waals surface area contributed by atoms with Crippen molar-refractivity contribution in [2.24, 2.45) is 0 Å². The van der Waals surface area contributed by atoms with Gasteiger partial charge in [0.05, 0.1) is 11.4 Å². The second-order valence-electron chi connectivity index (χ2n) is 17.3. The molecular weight excluding hydrogens is 761 g/mol. The Morgan fingerprint density at radius 1 is 0.302 bits per heavy atom. The average Bonchev–Trinajstić information content (AvgIpc) is 3.57. The molecular formula is C61H42N2. The SMILES string of the molecule is CC1(C)c2cc3ccccc3cc2-c2cccc(-c3ccc(-c4ccc(-c5nc(-c6ccccc6)cc(-c6cccc(-c7ccccc7)c6)n5)c5ccccc45)c4ccccc34)c21. The highest BCUT2D eigenvalue weighted by Gasteiger charge is 2.38. The highest BCUT2D eigenvalue weighted by molar-refractivity contribution is 6.12. The van der Waals surface area contributed by atoms with Crippen molar-refractivity contribution >= 4 is 32.3 Å². The van der Waals surface area contributed by atoms with Crippen molar-refractivity contribution in [1.29, 1.82) is 0 Å². The molecule has 63 heavy (non-hydrogen) atoms. The van der Waals surface area contributed by atoms with Gasteiger partial charge in [0.25, 0.3) is 0 Å². The molecule has 0 N–H and O–H groups in total. The zero-order valence-corrected chi connectivity index (χ0v) is 35.2. The van der Waals surface area contributed by atoms with Gasteiger partial charge < -0.3 is 0 Å². The van der Waals surface area contributed by atoms with E-state index in [1.807, 2.05) is 6.07 Å². The zero-order chi connectivity index (χ0) is 42.1. The normalized spacial score (nSPS) is 12.7. The largest absolute Gasteiger partial charge is 0.228 e. The first-order valence-electron chi connectivity index (χ1n) is 21.8. The van der Waals surface area contributed by atoms with E-state index in [-0.39, 0.29) is 5.41 Å². The Hall–Kier alpha value is -7.94. The molecule has 0 unspecified atom stereocenters. The molecule has 0 bridgehead atoms. The first-order valence-corrected chi connectivity index (χ1v) is 21.8. The first-order chi connectivity index (χ1) is 31.0. The molecule has 0 spiro atoms. The molecule has 1 aliphatic carbocycles. The van der Waals surface area contributed by atoms with Crippen LogP contribution >= 0.6 is 0 Å². The number of hydrogen-bond acceptors (Lipinski definition) is 2. The van der Waals surface area contributed by atoms with Crippen LogP contribution in [0.5, 0.6) is 0 Å². The number of fused-ring (bicyclic) bond motifs is 6. The van der Waals surface area contributed by atoms with E-state index in [0.29, 0.717) is 5.82 Å². The third kappa shape index (κ3) is 6.09. The van der Waals surface area contributed by atoms with Crippen LogP contribution in [0.3, 0.4) is 0 Å². The predicted octanol–water partition coefficient (Wildman–Crippen LogP) is 16.2. The molecule has 0 atom stereocenters. The van der Waals surface area contributed by atoms with Crippen molar-refractivity contribution in [1.82, 2.24) is 9.97 Å². The van der Waals surface area contributed by atoms with Gasteiger partial charge in [-0.05, 0) is 118 Å². The summed E-state index contributed by atoms with van der Waals surface area (Å²) in [6.07, 6.45) is 0. The third-order valence-electron chi connectivity index (χ3n) is 13.3. The van der Waals surface area contributed by atoms with Gasteiger partial charge in [0.1, 0.15) is 0 Å². The van der Waals surface area contributed by atoms with Crippen molar-refractivity contribution in [3.05, 3.63) is 230 Å². The first kappa shape index (κ1) is 36.9. The van der Waals surface area contributed by atoms with Gasteiger partial charge in [-0.3, -0.25) is 0 Å². The number of aromatic nitrogens is 2. The maximum absolute atomic E-state index is 5.34. The summed E-state index contributed by atoms with van der Waals surface area (Å²) in [5, 5.41) is 7.32. The van der Waals surface area contributed by atoms with Crippen LogP contribution in [0.15, 0.2) is 218 Å². The molecule has 12 rings (SSSR count). The molecule has 0 saturated heterocycles. The van der Waals surface area contributed by atoms with Crippen LogP contribution in [-0.2, 0) is 5.41 Å². The van der Waals surface area contributed by atoms with Crippen LogP contribution in [0.1, 0.15) is 25.0 Å². The number of rotatable bonds is 6. The molecule has 1 aliphatic rings. The summed E-state index contributed by atoms with van der Waals surface area (Å²) in [6, 6.07) is 79.0. The van der Waals surface area contributed by atoms with E-state index in [9.17, 15) is 0 Å². The van der Waals surface area contributed by atoms with Gasteiger partial charge in [0.2, 0.25) is 0 Å². The lowest BCUT2D eigenvalue weighted by Gasteiger charge is -2.25. The highest BCUT2D eigenvalue weighted by atomic mass is 14.9. The lowest BCUT2D eigenvalue weighted by atomic mass is 9.77. The number of nitrogens with zero attached hydrogens (tertiary/aromatic N) is 2. The molecule has 0 amide bonds. The van der Waals surface area contributed by atoms with Gasteiger partial charge in [-0.1, -0.05) is 202 Å². The van der Waals surface area contributed by atoms with Gasteiger partial charge in [-0.2, -0.15) is 0 Å². The summed E-state index contributed by atoms with van der Waals surface area (Å²) in [6.45, 7) is 4.79. The Bertz CT molecular complexity index is 3580. The minimum absolute atomic E-state index is 0.165. The van der Waals surface area contributed by atoms with E-state index >= 15 is 0 Å². The van der Waals surface area contributed by atoms with E-state index in [1.165, 1.54) is 77.0 Å². The second-order valence-corrected chi connectivity index (χ2v) is 17.3. The van der Waals surface area contributed by atoms with Crippen molar-refractivity contribution in [2.45, 2.75) is 19.3 Å². The van der Waals surface area contributed by atoms with Crippen molar-refractivity contribution in [3.63, 3.8) is 0 Å². The minimum atomic E-state index is -0.165. The van der Waals surface area contributed by atoms with Gasteiger partial charge >= 0.3 is 0 Å². The summed E-state index contributed by atoms with van der Waals surface area (Å²) in [7, 11) is 0. The fraction of sp³-hybridized carbons (Fsp3) is 0.0492. The molecule has 296 valence electrons. The third-order valence-corrected chi connectivity index (χ3v) is 13.3. The molecule has 0 saturated carbocycles. The lowest BCUT2D eigenvalue weighted by molar-refractivity contribution is 0.663. The molecule has 11 aromatic rings. The highest BCUT2D eigenvalue weighted by Crippen LogP contribution is 2.54. The zero-order valence-electron chi connectivity index (χ0n) is 35.2. The van der Waals surface area contributed by atoms with Crippen molar-refractivity contribution in [2.75, 3.05) is 0 Å². The summed E-state index contributed by atoms with van der Waals surface area (Å²) in [5.41, 5.74) is 17.5. The monoisotopic (exact) mass is 802 g/mol. The van der Waals surface area contributed by atoms with Gasteiger partial charge in [-0.15, -0.1) is 0 Å². The Balaban J connectivity index is 1.00. The summed E-state index contributed by atoms with van der Waals surface area (Å²) < 4.78 is 0. The van der Waals surface area contributed by atoms with E-state index < -0.39 is 0 Å². The van der Waals surface area contributed by atoms with Crippen LogP contribution in [0.4, 0.5) is 0 Å². The summed E-state index contributed by atoms with van der Waals surface area (Å²) in [4.78, 5) is 10.6. The Morgan fingerprint density at radius 2 is 0.746 bits per heavy atom. The summed E-state index contributed by atoms with van der Waals surface area (Å²) >= 11 is 0. The van der Waals surface area contributed by atoms with Crippen LogP contribution < -0.4 is 0 Å². The smallest absolute Gasteiger partial charge is 0.161 e. The van der Waals surface area contributed by atoms with Crippen LogP contribution in [-0.4, -0.2) is 9.97 Å². The van der Waals surface area contributed by atoms with Gasteiger partial charge in [-0.25, -0.2) is 9.97 Å². The van der Waals surface area contributed by atoms with E-state index in [0.717, 1.165) is 39.0 Å². The molecule has 0 fully saturated rings. The molecule has 2 heteroatoms. The van der Waals surface area contributed by atoms with E-state index in [2.05, 4.69) is 226 Å². The molecule has 1 aromatic heterocycles. The number of benzene rings is 10. The van der Waals surface area contributed by atoms with Crippen molar-refractivity contribution in [3.8, 4) is 78.4 Å². The van der Waals surface area contributed by atoms with Crippen LogP contribution in [0, 0.1) is 0 Å². The predicted molar refractivity (Wildman–Crippen MR) is 265 cm³/mol. The van der Waals surface area contributed by atoms with E-state index in [1.54, 1.807) is 0 Å². The van der Waals surface area contributed by atoms with Crippen LogP contribution in [0.2, 0.25) is 0 Å². The Morgan fingerprint density at radius 3 is 1.38 bits per heavy atom. The Kier molecular flexibility index (Phi) is 8.55. The molecule has 10 aromatic carbocycles. The molecule has 1 heterocycles. The average molecular weight is 803 g/mol. The van der Waals surface area contributed by atoms with Crippen LogP contribution in [0.25, 0.3) is 111 Å². The fourth-order valence-electron chi connectivity index (χ4n) is 10.2. The van der Waals surface area contributed by atoms with Crippen molar-refractivity contribution < 1.29 is 0 Å². The van der Waals surface area contributed by atoms with Gasteiger partial charge in [0, 0.05) is 22.1 Å². The molecule has 0 radical (unpaired) electrons. The lowest BCUT2D eigenvalue weighted by Crippen LogP contribution is -2.16. The topological polar surface area (TPSA) is 25.8 Å². The Labute approximate surface area is 367 Å². The molecule has 0 aliphatic heterocycles. The fourth-order valence-corrected chi connectivity index (χ4v) is 10.2. The van der Waals surface area contributed by atoms with Gasteiger partial charge in [0.15, 0.2) is 5.82 Å². The summed E-state index contributed by atoms with van der Waals surface area (Å²) in [5.74, 6) is 0.703. The standard InChI is InChI=1S/C61H42N2/c1-61(2)56-37-43-22-10-9-21-42(43)36-55(56)53-30-16-29-52(59(53)61)51-32-31-49(45-25-11-12-26-46(45)51)50-33-34-54(48-28-14-13-27-47(48)50)60-62-57(40-19-7-4-8-20-40)38-58(63-60)44-24-15-23-41(35-44)39-17-5-3-6-18-39/h3-38H,1-2H3. The number of hydrogen-bond donors (Lipinski definition) is 0. The quantitative estimate of drug-likeness (QED) is 0.167. The maximum atomic E-state index is 5.34.